The summed E-state index contributed by atoms with van der Waals surface area (Å²) < 4.78 is 31.5. The monoisotopic (exact) mass is 227 g/mol. The summed E-state index contributed by atoms with van der Waals surface area (Å²) >= 11 is 0. The van der Waals surface area contributed by atoms with Crippen molar-refractivity contribution in [1.29, 1.82) is 0 Å². The normalized spacial score (nSPS) is 13.6. The molecule has 0 fully saturated rings. The first-order valence-corrected chi connectivity index (χ1v) is 4.78. The fourth-order valence-corrected chi connectivity index (χ4v) is 1.48. The Hall–Kier alpha value is -1.56. The molecule has 0 aromatic carbocycles. The Morgan fingerprint density at radius 1 is 1.44 bits per heavy atom. The number of nitrogens with zero attached hydrogens (tertiary/aromatic N) is 3. The van der Waals surface area contributed by atoms with E-state index >= 15 is 0 Å². The van der Waals surface area contributed by atoms with Crippen molar-refractivity contribution in [1.82, 2.24) is 14.6 Å². The van der Waals surface area contributed by atoms with E-state index in [1.54, 1.807) is 13.2 Å². The third-order valence-electron chi connectivity index (χ3n) is 2.43. The minimum absolute atomic E-state index is 0.210. The Kier molecular flexibility index (Phi) is 2.82. The molecule has 2 rings (SSSR count). The van der Waals surface area contributed by atoms with Gasteiger partial charge in [-0.05, 0) is 13.0 Å². The number of ether oxygens (including phenoxy) is 1. The molecule has 0 bridgehead atoms. The summed E-state index contributed by atoms with van der Waals surface area (Å²) in [5.41, 5.74) is 0.875. The number of aromatic nitrogens is 3. The smallest absolute Gasteiger partial charge is 0.281 e. The molecule has 2 aromatic rings. The number of hydrogen-bond donors (Lipinski definition) is 0. The van der Waals surface area contributed by atoms with Crippen LogP contribution in [0.1, 0.15) is 30.7 Å². The predicted molar refractivity (Wildman–Crippen MR) is 53.4 cm³/mol. The first-order valence-electron chi connectivity index (χ1n) is 4.78. The van der Waals surface area contributed by atoms with Crippen molar-refractivity contribution in [3.8, 4) is 0 Å². The average molecular weight is 227 g/mol. The summed E-state index contributed by atoms with van der Waals surface area (Å²) in [5, 5.41) is 3.93. The summed E-state index contributed by atoms with van der Waals surface area (Å²) in [6, 6.07) is 1.71. The molecule has 1 atom stereocenters. The van der Waals surface area contributed by atoms with Crippen LogP contribution >= 0.6 is 0 Å². The quantitative estimate of drug-likeness (QED) is 0.808. The van der Waals surface area contributed by atoms with Gasteiger partial charge >= 0.3 is 0 Å². The van der Waals surface area contributed by atoms with Crippen molar-refractivity contribution >= 4 is 5.65 Å². The van der Waals surface area contributed by atoms with Crippen LogP contribution < -0.4 is 0 Å². The van der Waals surface area contributed by atoms with E-state index < -0.39 is 6.43 Å². The number of hydrogen-bond acceptors (Lipinski definition) is 3. The molecule has 0 amide bonds. The van der Waals surface area contributed by atoms with Gasteiger partial charge in [0.15, 0.2) is 5.65 Å². The van der Waals surface area contributed by atoms with Gasteiger partial charge in [0.25, 0.3) is 6.43 Å². The van der Waals surface area contributed by atoms with Crippen LogP contribution in [-0.2, 0) is 4.74 Å². The second kappa shape index (κ2) is 4.13. The number of rotatable bonds is 3. The van der Waals surface area contributed by atoms with Crippen molar-refractivity contribution in [2.24, 2.45) is 0 Å². The molecule has 86 valence electrons. The van der Waals surface area contributed by atoms with Crippen LogP contribution in [0.5, 0.6) is 0 Å². The topological polar surface area (TPSA) is 39.4 Å². The molecule has 1 unspecified atom stereocenters. The summed E-state index contributed by atoms with van der Waals surface area (Å²) in [4.78, 5) is 3.85. The van der Waals surface area contributed by atoms with E-state index in [1.807, 2.05) is 6.92 Å². The lowest BCUT2D eigenvalue weighted by molar-refractivity contribution is 0.120. The van der Waals surface area contributed by atoms with Crippen LogP contribution in [0.4, 0.5) is 8.78 Å². The third-order valence-corrected chi connectivity index (χ3v) is 2.43. The minimum Gasteiger partial charge on any atom is -0.377 e. The van der Waals surface area contributed by atoms with Gasteiger partial charge in [-0.15, -0.1) is 0 Å². The molecule has 6 heteroatoms. The Labute approximate surface area is 90.9 Å². The van der Waals surface area contributed by atoms with Gasteiger partial charge in [-0.2, -0.15) is 5.10 Å². The largest absolute Gasteiger partial charge is 0.377 e. The van der Waals surface area contributed by atoms with E-state index in [1.165, 1.54) is 16.9 Å². The SMILES string of the molecule is COC(C)c1ccnn2cc(C(F)F)nc12. The molecule has 0 aliphatic heterocycles. The molecule has 0 saturated carbocycles. The highest BCUT2D eigenvalue weighted by atomic mass is 19.3. The van der Waals surface area contributed by atoms with Gasteiger partial charge < -0.3 is 4.74 Å². The molecular formula is C10H11F2N3O. The van der Waals surface area contributed by atoms with Crippen LogP contribution in [0.15, 0.2) is 18.5 Å². The van der Waals surface area contributed by atoms with E-state index in [4.69, 9.17) is 4.74 Å². The molecule has 0 radical (unpaired) electrons. The van der Waals surface area contributed by atoms with E-state index in [0.29, 0.717) is 5.65 Å². The van der Waals surface area contributed by atoms with Crippen LogP contribution in [0.3, 0.4) is 0 Å². The van der Waals surface area contributed by atoms with Gasteiger partial charge in [0.2, 0.25) is 0 Å². The van der Waals surface area contributed by atoms with E-state index in [0.717, 1.165) is 5.56 Å². The van der Waals surface area contributed by atoms with Gasteiger partial charge in [-0.25, -0.2) is 18.3 Å². The molecular weight excluding hydrogens is 216 g/mol. The molecule has 0 aliphatic carbocycles. The Balaban J connectivity index is 2.58. The highest BCUT2D eigenvalue weighted by molar-refractivity contribution is 5.48. The van der Waals surface area contributed by atoms with Crippen LogP contribution in [0.2, 0.25) is 0 Å². The summed E-state index contributed by atoms with van der Waals surface area (Å²) in [5.74, 6) is 0. The Morgan fingerprint density at radius 2 is 2.19 bits per heavy atom. The second-order valence-electron chi connectivity index (χ2n) is 3.40. The molecule has 2 aromatic heterocycles. The number of halogens is 2. The number of alkyl halides is 2. The first kappa shape index (κ1) is 10.9. The highest BCUT2D eigenvalue weighted by Crippen LogP contribution is 2.23. The van der Waals surface area contributed by atoms with Crippen LogP contribution in [-0.4, -0.2) is 21.7 Å². The maximum absolute atomic E-state index is 12.5. The standard InChI is InChI=1S/C10H11F2N3O/c1-6(16-2)7-3-4-13-15-5-8(9(11)12)14-10(7)15/h3-6,9H,1-2H3. The number of imidazole rings is 1. The van der Waals surface area contributed by atoms with Crippen molar-refractivity contribution in [3.63, 3.8) is 0 Å². The Morgan fingerprint density at radius 3 is 2.81 bits per heavy atom. The zero-order valence-corrected chi connectivity index (χ0v) is 8.89. The minimum atomic E-state index is -2.59. The number of fused-ring (bicyclic) bond motifs is 1. The zero-order valence-electron chi connectivity index (χ0n) is 8.89. The van der Waals surface area contributed by atoms with E-state index in [9.17, 15) is 8.78 Å². The third kappa shape index (κ3) is 1.76. The maximum Gasteiger partial charge on any atom is 0.281 e. The Bertz CT molecular complexity index is 498. The van der Waals surface area contributed by atoms with Crippen molar-refractivity contribution in [2.45, 2.75) is 19.5 Å². The van der Waals surface area contributed by atoms with Crippen molar-refractivity contribution in [2.75, 3.05) is 7.11 Å². The van der Waals surface area contributed by atoms with Gasteiger partial charge in [0, 0.05) is 18.9 Å². The highest BCUT2D eigenvalue weighted by Gasteiger charge is 2.16. The van der Waals surface area contributed by atoms with Crippen molar-refractivity contribution < 1.29 is 13.5 Å². The lowest BCUT2D eigenvalue weighted by atomic mass is 10.2. The van der Waals surface area contributed by atoms with Crippen LogP contribution in [0.25, 0.3) is 5.65 Å². The average Bonchev–Trinajstić information content (AvgIpc) is 2.71. The van der Waals surface area contributed by atoms with Gasteiger partial charge in [0.05, 0.1) is 12.3 Å². The zero-order chi connectivity index (χ0) is 11.7. The van der Waals surface area contributed by atoms with Crippen LogP contribution in [0, 0.1) is 0 Å². The number of methoxy groups -OCH3 is 1. The molecule has 4 nitrogen and oxygen atoms in total. The molecule has 0 N–H and O–H groups in total. The van der Waals surface area contributed by atoms with Gasteiger partial charge in [0.1, 0.15) is 5.69 Å². The second-order valence-corrected chi connectivity index (χ2v) is 3.40. The maximum atomic E-state index is 12.5. The van der Waals surface area contributed by atoms with E-state index in [-0.39, 0.29) is 11.8 Å². The van der Waals surface area contributed by atoms with E-state index in [2.05, 4.69) is 10.1 Å². The first-order chi connectivity index (χ1) is 7.63. The fraction of sp³-hybridized carbons (Fsp3) is 0.400. The van der Waals surface area contributed by atoms with Gasteiger partial charge in [-0.1, -0.05) is 0 Å². The summed E-state index contributed by atoms with van der Waals surface area (Å²) in [6.45, 7) is 1.83. The lowest BCUT2D eigenvalue weighted by Crippen LogP contribution is -2.01. The van der Waals surface area contributed by atoms with Crippen molar-refractivity contribution in [3.05, 3.63) is 29.7 Å². The summed E-state index contributed by atoms with van der Waals surface area (Å²) in [7, 11) is 1.55. The predicted octanol–water partition coefficient (Wildman–Crippen LogP) is 2.37. The molecule has 0 saturated heterocycles. The summed E-state index contributed by atoms with van der Waals surface area (Å²) in [6.07, 6.45) is -0.0356. The molecule has 16 heavy (non-hydrogen) atoms. The lowest BCUT2D eigenvalue weighted by Gasteiger charge is -2.09. The molecule has 0 aliphatic rings. The molecule has 2 heterocycles. The fourth-order valence-electron chi connectivity index (χ4n) is 1.48. The van der Waals surface area contributed by atoms with Gasteiger partial charge in [-0.3, -0.25) is 0 Å². The molecule has 0 spiro atoms.